The van der Waals surface area contributed by atoms with Gasteiger partial charge in [-0.25, -0.2) is 13.2 Å². The Labute approximate surface area is 82.1 Å². The van der Waals surface area contributed by atoms with E-state index >= 15 is 0 Å². The molecule has 1 rings (SSSR count). The Morgan fingerprint density at radius 2 is 2.17 bits per heavy atom. The van der Waals surface area contributed by atoms with Crippen molar-refractivity contribution >= 4 is 28.6 Å². The molecule has 0 radical (unpaired) electrons. The highest BCUT2D eigenvalue weighted by Crippen LogP contribution is 2.41. The molecule has 0 aliphatic heterocycles. The second-order valence-electron chi connectivity index (χ2n) is 2.47. The lowest BCUT2D eigenvalue weighted by Gasteiger charge is -2.27. The van der Waals surface area contributed by atoms with Gasteiger partial charge in [0.25, 0.3) is 0 Å². The summed E-state index contributed by atoms with van der Waals surface area (Å²) >= 11 is 6.90. The van der Waals surface area contributed by atoms with Crippen LogP contribution in [-0.4, -0.2) is 10.1 Å². The Morgan fingerprint density at radius 3 is 2.58 bits per heavy atom. The summed E-state index contributed by atoms with van der Waals surface area (Å²) in [5.41, 5.74) is 0. The van der Waals surface area contributed by atoms with E-state index in [1.165, 1.54) is 6.08 Å². The summed E-state index contributed by atoms with van der Waals surface area (Å²) < 4.78 is 35.9. The van der Waals surface area contributed by atoms with Crippen LogP contribution in [0.5, 0.6) is 0 Å². The van der Waals surface area contributed by atoms with Crippen LogP contribution in [0.2, 0.25) is 0 Å². The zero-order chi connectivity index (χ0) is 9.35. The molecular formula is C7H6BrF3S. The van der Waals surface area contributed by atoms with E-state index in [-0.39, 0.29) is 0 Å². The summed E-state index contributed by atoms with van der Waals surface area (Å²) in [5.74, 6) is -1.88. The van der Waals surface area contributed by atoms with Crippen molar-refractivity contribution in [2.75, 3.05) is 0 Å². The van der Waals surface area contributed by atoms with Crippen LogP contribution in [0.1, 0.15) is 0 Å². The zero-order valence-electron chi connectivity index (χ0n) is 5.85. The Morgan fingerprint density at radius 1 is 1.58 bits per heavy atom. The Bertz CT molecular complexity index is 235. The zero-order valence-corrected chi connectivity index (χ0v) is 8.33. The van der Waals surface area contributed by atoms with Crippen molar-refractivity contribution in [3.63, 3.8) is 0 Å². The average Bonchev–Trinajstić information content (AvgIpc) is 1.94. The number of alkyl halides is 3. The first-order valence-corrected chi connectivity index (χ1v) is 4.43. The quantitative estimate of drug-likeness (QED) is 0.542. The van der Waals surface area contributed by atoms with Crippen molar-refractivity contribution in [1.82, 2.24) is 0 Å². The fourth-order valence-electron chi connectivity index (χ4n) is 0.901. The van der Waals surface area contributed by atoms with E-state index < -0.39 is 21.8 Å². The average molecular weight is 259 g/mol. The van der Waals surface area contributed by atoms with Gasteiger partial charge in [-0.05, 0) is 12.2 Å². The SMILES string of the molecule is FC1=CC(C(F)F)C(S)(Br)C=C1. The third-order valence-electron chi connectivity index (χ3n) is 1.55. The highest BCUT2D eigenvalue weighted by Gasteiger charge is 2.37. The summed E-state index contributed by atoms with van der Waals surface area (Å²) in [6.07, 6.45) is 0.618. The molecule has 1 aliphatic rings. The smallest absolute Gasteiger partial charge is 0.210 e. The van der Waals surface area contributed by atoms with Crippen LogP contribution in [0.15, 0.2) is 24.1 Å². The Hall–Kier alpha value is 0.1000. The monoisotopic (exact) mass is 258 g/mol. The van der Waals surface area contributed by atoms with Gasteiger partial charge in [0.1, 0.15) is 5.83 Å². The first-order chi connectivity index (χ1) is 5.43. The van der Waals surface area contributed by atoms with E-state index in [4.69, 9.17) is 0 Å². The number of halogens is 4. The molecule has 1 aliphatic carbocycles. The minimum Gasteiger partial charge on any atom is -0.210 e. The van der Waals surface area contributed by atoms with Crippen LogP contribution in [0.4, 0.5) is 13.2 Å². The van der Waals surface area contributed by atoms with E-state index in [0.29, 0.717) is 0 Å². The fraction of sp³-hybridized carbons (Fsp3) is 0.429. The lowest BCUT2D eigenvalue weighted by molar-refractivity contribution is 0.0993. The molecule has 0 fully saturated rings. The van der Waals surface area contributed by atoms with Gasteiger partial charge in [0, 0.05) is 0 Å². The van der Waals surface area contributed by atoms with Crippen molar-refractivity contribution in [2.24, 2.45) is 5.92 Å². The number of thiol groups is 1. The molecule has 0 aromatic carbocycles. The van der Waals surface area contributed by atoms with Gasteiger partial charge in [-0.15, -0.1) is 0 Å². The number of hydrogen-bond acceptors (Lipinski definition) is 1. The third-order valence-corrected chi connectivity index (χ3v) is 2.79. The molecule has 0 saturated carbocycles. The predicted octanol–water partition coefficient (Wildman–Crippen LogP) is 3.31. The van der Waals surface area contributed by atoms with Crippen LogP contribution >= 0.6 is 28.6 Å². The van der Waals surface area contributed by atoms with E-state index in [1.54, 1.807) is 0 Å². The molecule has 0 nitrogen and oxygen atoms in total. The Balaban J connectivity index is 2.90. The highest BCUT2D eigenvalue weighted by molar-refractivity contribution is 9.11. The normalized spacial score (nSPS) is 35.5. The second-order valence-corrected chi connectivity index (χ2v) is 5.14. The molecule has 0 aromatic heterocycles. The maximum Gasteiger partial charge on any atom is 0.247 e. The molecule has 0 amide bonds. The molecule has 2 unspecified atom stereocenters. The molecule has 0 spiro atoms. The molecule has 0 N–H and O–H groups in total. The third kappa shape index (κ3) is 2.07. The molecule has 0 saturated heterocycles. The van der Waals surface area contributed by atoms with Crippen molar-refractivity contribution < 1.29 is 13.2 Å². The van der Waals surface area contributed by atoms with E-state index in [2.05, 4.69) is 28.6 Å². The highest BCUT2D eigenvalue weighted by atomic mass is 79.9. The first kappa shape index (κ1) is 10.2. The lowest BCUT2D eigenvalue weighted by Crippen LogP contribution is -2.29. The second kappa shape index (κ2) is 3.46. The standard InChI is InChI=1S/C7H6BrF3S/c8-7(12)2-1-4(9)3-5(7)6(10)11/h1-3,5-6,12H. The van der Waals surface area contributed by atoms with E-state index in [0.717, 1.165) is 12.2 Å². The van der Waals surface area contributed by atoms with Crippen LogP contribution < -0.4 is 0 Å². The van der Waals surface area contributed by atoms with Crippen molar-refractivity contribution in [3.8, 4) is 0 Å². The van der Waals surface area contributed by atoms with Crippen LogP contribution in [0.3, 0.4) is 0 Å². The number of rotatable bonds is 1. The van der Waals surface area contributed by atoms with E-state index in [1.807, 2.05) is 0 Å². The van der Waals surface area contributed by atoms with Crippen molar-refractivity contribution in [2.45, 2.75) is 10.1 Å². The van der Waals surface area contributed by atoms with E-state index in [9.17, 15) is 13.2 Å². The molecule has 0 aromatic rings. The van der Waals surface area contributed by atoms with Gasteiger partial charge in [-0.2, -0.15) is 12.6 Å². The molecule has 0 heterocycles. The largest absolute Gasteiger partial charge is 0.247 e. The molecular weight excluding hydrogens is 253 g/mol. The van der Waals surface area contributed by atoms with Gasteiger partial charge in [0.2, 0.25) is 6.43 Å². The van der Waals surface area contributed by atoms with Crippen LogP contribution in [0, 0.1) is 5.92 Å². The van der Waals surface area contributed by atoms with Gasteiger partial charge >= 0.3 is 0 Å². The van der Waals surface area contributed by atoms with Gasteiger partial charge in [0.05, 0.1) is 9.57 Å². The lowest BCUT2D eigenvalue weighted by atomic mass is 10.0. The van der Waals surface area contributed by atoms with Crippen LogP contribution in [-0.2, 0) is 0 Å². The van der Waals surface area contributed by atoms with Crippen molar-refractivity contribution in [1.29, 1.82) is 0 Å². The number of allylic oxidation sites excluding steroid dienone is 3. The summed E-state index contributed by atoms with van der Waals surface area (Å²) in [6.45, 7) is 0. The molecule has 2 atom stereocenters. The van der Waals surface area contributed by atoms with Gasteiger partial charge in [0.15, 0.2) is 0 Å². The van der Waals surface area contributed by atoms with Gasteiger partial charge in [-0.3, -0.25) is 0 Å². The summed E-state index contributed by atoms with van der Waals surface area (Å²) in [4.78, 5) is 0. The topological polar surface area (TPSA) is 0 Å². The Kier molecular flexibility index (Phi) is 2.93. The van der Waals surface area contributed by atoms with Crippen molar-refractivity contribution in [3.05, 3.63) is 24.1 Å². The van der Waals surface area contributed by atoms with Gasteiger partial charge in [-0.1, -0.05) is 22.0 Å². The summed E-state index contributed by atoms with van der Waals surface area (Å²) in [7, 11) is 0. The first-order valence-electron chi connectivity index (χ1n) is 3.19. The summed E-state index contributed by atoms with van der Waals surface area (Å²) in [6, 6.07) is 0. The fourth-order valence-corrected chi connectivity index (χ4v) is 1.63. The minimum absolute atomic E-state index is 0.649. The predicted molar refractivity (Wildman–Crippen MR) is 48.5 cm³/mol. The maximum absolute atomic E-state index is 12.5. The maximum atomic E-state index is 12.5. The molecule has 5 heteroatoms. The molecule has 68 valence electrons. The number of hydrogen-bond donors (Lipinski definition) is 1. The molecule has 0 bridgehead atoms. The summed E-state index contributed by atoms with van der Waals surface area (Å²) in [5, 5.41) is 0. The minimum atomic E-state index is -2.63. The van der Waals surface area contributed by atoms with Gasteiger partial charge < -0.3 is 0 Å². The van der Waals surface area contributed by atoms with Crippen LogP contribution in [0.25, 0.3) is 0 Å². The molecule has 12 heavy (non-hydrogen) atoms.